The first-order valence-corrected chi connectivity index (χ1v) is 10.2. The lowest BCUT2D eigenvalue weighted by molar-refractivity contribution is -0.141. The summed E-state index contributed by atoms with van der Waals surface area (Å²) in [6, 6.07) is 8.72. The molecule has 2 heterocycles. The van der Waals surface area contributed by atoms with Crippen molar-refractivity contribution >= 4 is 17.7 Å². The topological polar surface area (TPSA) is 82.2 Å². The molecule has 0 bridgehead atoms. The third-order valence-electron chi connectivity index (χ3n) is 5.34. The van der Waals surface area contributed by atoms with E-state index in [0.29, 0.717) is 51.5 Å². The molecule has 3 amide bonds. The quantitative estimate of drug-likeness (QED) is 0.735. The van der Waals surface area contributed by atoms with E-state index >= 15 is 0 Å². The monoisotopic (exact) mass is 402 g/mol. The fraction of sp³-hybridized carbons (Fsp3) is 0.571. The van der Waals surface area contributed by atoms with Gasteiger partial charge in [0.15, 0.2) is 0 Å². The van der Waals surface area contributed by atoms with E-state index in [4.69, 9.17) is 4.74 Å². The van der Waals surface area contributed by atoms with Crippen LogP contribution in [0.4, 0.5) is 0 Å². The van der Waals surface area contributed by atoms with Gasteiger partial charge >= 0.3 is 0 Å². The minimum Gasteiger partial charge on any atom is -0.379 e. The maximum atomic E-state index is 12.6. The fourth-order valence-electron chi connectivity index (χ4n) is 3.59. The van der Waals surface area contributed by atoms with Gasteiger partial charge in [0.1, 0.15) is 0 Å². The molecule has 0 unspecified atom stereocenters. The number of rotatable bonds is 6. The summed E-state index contributed by atoms with van der Waals surface area (Å²) in [6.45, 7) is 7.36. The van der Waals surface area contributed by atoms with Gasteiger partial charge in [0.05, 0.1) is 19.8 Å². The molecule has 158 valence electrons. The van der Waals surface area contributed by atoms with Gasteiger partial charge < -0.3 is 19.9 Å². The molecule has 3 rings (SSSR count). The van der Waals surface area contributed by atoms with Gasteiger partial charge in [-0.05, 0) is 19.1 Å². The second kappa shape index (κ2) is 10.4. The summed E-state index contributed by atoms with van der Waals surface area (Å²) in [7, 11) is 0. The predicted octanol–water partition coefficient (Wildman–Crippen LogP) is 0.198. The lowest BCUT2D eigenvalue weighted by Crippen LogP contribution is -2.54. The molecule has 0 aliphatic carbocycles. The van der Waals surface area contributed by atoms with Crippen LogP contribution in [0.15, 0.2) is 30.3 Å². The average molecular weight is 402 g/mol. The summed E-state index contributed by atoms with van der Waals surface area (Å²) in [4.78, 5) is 43.0. The van der Waals surface area contributed by atoms with Crippen molar-refractivity contribution in [2.45, 2.75) is 19.4 Å². The third kappa shape index (κ3) is 6.27. The van der Waals surface area contributed by atoms with Gasteiger partial charge in [0.2, 0.25) is 11.8 Å². The molecule has 0 spiro atoms. The van der Waals surface area contributed by atoms with Gasteiger partial charge in [-0.3, -0.25) is 19.3 Å². The highest BCUT2D eigenvalue weighted by Crippen LogP contribution is 2.08. The van der Waals surface area contributed by atoms with Gasteiger partial charge in [-0.15, -0.1) is 0 Å². The Kier molecular flexibility index (Phi) is 7.60. The molecular formula is C21H30N4O4. The van der Waals surface area contributed by atoms with E-state index in [1.807, 2.05) is 30.0 Å². The largest absolute Gasteiger partial charge is 0.379 e. The lowest BCUT2D eigenvalue weighted by atomic mass is 10.1. The Morgan fingerprint density at radius 1 is 0.931 bits per heavy atom. The SMILES string of the molecule is C[C@H](CC(=O)N1CCN(C(=O)CN2CCOCC2)CC1)NC(=O)c1ccccc1. The Hall–Kier alpha value is -2.45. The Labute approximate surface area is 171 Å². The molecule has 8 nitrogen and oxygen atoms in total. The maximum absolute atomic E-state index is 12.6. The Morgan fingerprint density at radius 2 is 1.52 bits per heavy atom. The Morgan fingerprint density at radius 3 is 2.14 bits per heavy atom. The number of hydrogen-bond donors (Lipinski definition) is 1. The molecule has 2 aliphatic heterocycles. The van der Waals surface area contributed by atoms with E-state index in [-0.39, 0.29) is 30.2 Å². The smallest absolute Gasteiger partial charge is 0.251 e. The summed E-state index contributed by atoms with van der Waals surface area (Å²) in [5.41, 5.74) is 0.583. The highest BCUT2D eigenvalue weighted by atomic mass is 16.5. The normalized spacial score (nSPS) is 18.9. The van der Waals surface area contributed by atoms with E-state index in [1.165, 1.54) is 0 Å². The molecular weight excluding hydrogens is 372 g/mol. The summed E-state index contributed by atoms with van der Waals surface area (Å²) in [5, 5.41) is 2.87. The van der Waals surface area contributed by atoms with Gasteiger partial charge in [0.25, 0.3) is 5.91 Å². The third-order valence-corrected chi connectivity index (χ3v) is 5.34. The van der Waals surface area contributed by atoms with E-state index in [2.05, 4.69) is 10.2 Å². The molecule has 1 N–H and O–H groups in total. The van der Waals surface area contributed by atoms with Crippen LogP contribution >= 0.6 is 0 Å². The van der Waals surface area contributed by atoms with Crippen molar-refractivity contribution in [2.75, 3.05) is 59.0 Å². The summed E-state index contributed by atoms with van der Waals surface area (Å²) >= 11 is 0. The molecule has 1 aromatic rings. The highest BCUT2D eigenvalue weighted by molar-refractivity contribution is 5.94. The summed E-state index contributed by atoms with van der Waals surface area (Å²) in [5.74, 6) is -0.0574. The first-order chi connectivity index (χ1) is 14.0. The minimum atomic E-state index is -0.254. The van der Waals surface area contributed by atoms with E-state index in [1.54, 1.807) is 17.0 Å². The standard InChI is InChI=1S/C21H30N4O4/c1-17(22-21(28)18-5-3-2-4-6-18)15-19(26)24-7-9-25(10-8-24)20(27)16-23-11-13-29-14-12-23/h2-6,17H,7-16H2,1H3,(H,22,28)/t17-/m1/s1. The number of amides is 3. The molecule has 2 saturated heterocycles. The predicted molar refractivity (Wildman–Crippen MR) is 108 cm³/mol. The summed E-state index contributed by atoms with van der Waals surface area (Å²) < 4.78 is 5.31. The van der Waals surface area contributed by atoms with Crippen molar-refractivity contribution < 1.29 is 19.1 Å². The van der Waals surface area contributed by atoms with E-state index in [0.717, 1.165) is 13.1 Å². The number of nitrogens with one attached hydrogen (secondary N) is 1. The Balaban J connectivity index is 1.39. The van der Waals surface area contributed by atoms with Crippen LogP contribution in [0, 0.1) is 0 Å². The maximum Gasteiger partial charge on any atom is 0.251 e. The van der Waals surface area contributed by atoms with Crippen LogP contribution in [-0.4, -0.2) is 97.5 Å². The Bertz CT molecular complexity index is 698. The number of ether oxygens (including phenoxy) is 1. The second-order valence-electron chi connectivity index (χ2n) is 7.59. The van der Waals surface area contributed by atoms with Crippen LogP contribution in [0.3, 0.4) is 0 Å². The van der Waals surface area contributed by atoms with Gasteiger partial charge in [-0.2, -0.15) is 0 Å². The molecule has 0 saturated carbocycles. The van der Waals surface area contributed by atoms with Crippen molar-refractivity contribution in [2.24, 2.45) is 0 Å². The molecule has 1 atom stereocenters. The van der Waals surface area contributed by atoms with Crippen molar-refractivity contribution in [3.63, 3.8) is 0 Å². The van der Waals surface area contributed by atoms with Crippen LogP contribution in [0.1, 0.15) is 23.7 Å². The average Bonchev–Trinajstić information content (AvgIpc) is 2.75. The summed E-state index contributed by atoms with van der Waals surface area (Å²) in [6.07, 6.45) is 0.250. The molecule has 8 heteroatoms. The van der Waals surface area contributed by atoms with Crippen LogP contribution in [0.5, 0.6) is 0 Å². The lowest BCUT2D eigenvalue weighted by Gasteiger charge is -2.36. The fourth-order valence-corrected chi connectivity index (χ4v) is 3.59. The molecule has 29 heavy (non-hydrogen) atoms. The van der Waals surface area contributed by atoms with Crippen molar-refractivity contribution in [1.82, 2.24) is 20.0 Å². The van der Waals surface area contributed by atoms with Crippen LogP contribution in [0.25, 0.3) is 0 Å². The van der Waals surface area contributed by atoms with Crippen molar-refractivity contribution in [3.05, 3.63) is 35.9 Å². The first kappa shape index (κ1) is 21.3. The minimum absolute atomic E-state index is 0.00569. The van der Waals surface area contributed by atoms with Crippen molar-refractivity contribution in [1.29, 1.82) is 0 Å². The molecule has 2 aliphatic rings. The number of hydrogen-bond acceptors (Lipinski definition) is 5. The second-order valence-corrected chi connectivity index (χ2v) is 7.59. The van der Waals surface area contributed by atoms with E-state index < -0.39 is 0 Å². The number of piperazine rings is 1. The number of carbonyl (C=O) groups is 3. The number of nitrogens with zero attached hydrogens (tertiary/aromatic N) is 3. The van der Waals surface area contributed by atoms with Crippen LogP contribution < -0.4 is 5.32 Å². The van der Waals surface area contributed by atoms with Gasteiger partial charge in [-0.1, -0.05) is 18.2 Å². The number of benzene rings is 1. The zero-order valence-corrected chi connectivity index (χ0v) is 17.0. The number of morpholine rings is 1. The zero-order valence-electron chi connectivity index (χ0n) is 17.0. The van der Waals surface area contributed by atoms with Gasteiger partial charge in [0, 0.05) is 57.3 Å². The van der Waals surface area contributed by atoms with Gasteiger partial charge in [-0.25, -0.2) is 0 Å². The zero-order chi connectivity index (χ0) is 20.6. The van der Waals surface area contributed by atoms with Crippen LogP contribution in [-0.2, 0) is 14.3 Å². The van der Waals surface area contributed by atoms with Crippen LogP contribution in [0.2, 0.25) is 0 Å². The molecule has 1 aromatic carbocycles. The molecule has 0 aromatic heterocycles. The van der Waals surface area contributed by atoms with E-state index in [9.17, 15) is 14.4 Å². The highest BCUT2D eigenvalue weighted by Gasteiger charge is 2.26. The molecule has 2 fully saturated rings. The van der Waals surface area contributed by atoms with Crippen molar-refractivity contribution in [3.8, 4) is 0 Å². The first-order valence-electron chi connectivity index (χ1n) is 10.2. The molecule has 0 radical (unpaired) electrons. The number of carbonyl (C=O) groups excluding carboxylic acids is 3.